The van der Waals surface area contributed by atoms with E-state index >= 15 is 0 Å². The molecule has 1 aliphatic carbocycles. The van der Waals surface area contributed by atoms with Crippen LogP contribution in [0.1, 0.15) is 49.8 Å². The monoisotopic (exact) mass is 342 g/mol. The normalized spacial score (nSPS) is 17.7. The number of carbonyl (C=O) groups excluding carboxylic acids is 1. The van der Waals surface area contributed by atoms with Crippen LogP contribution < -0.4 is 10.6 Å². The van der Waals surface area contributed by atoms with Gasteiger partial charge in [-0.15, -0.1) is 0 Å². The van der Waals surface area contributed by atoms with Crippen LogP contribution in [0.2, 0.25) is 0 Å². The van der Waals surface area contributed by atoms with Crippen molar-refractivity contribution in [1.82, 2.24) is 10.6 Å². The van der Waals surface area contributed by atoms with E-state index in [1.54, 1.807) is 20.0 Å². The van der Waals surface area contributed by atoms with Crippen molar-refractivity contribution >= 4 is 5.91 Å². The number of carbonyl (C=O) groups is 1. The maximum atomic E-state index is 13.0. The molecule has 1 aromatic carbocycles. The Balaban J connectivity index is 2.22. The lowest BCUT2D eigenvalue weighted by Gasteiger charge is -2.24. The Morgan fingerprint density at radius 1 is 1.25 bits per heavy atom. The van der Waals surface area contributed by atoms with Gasteiger partial charge in [0.05, 0.1) is 17.1 Å². The molecule has 0 heterocycles. The fraction of sp³-hybridized carbons (Fsp3) is 0.611. The van der Waals surface area contributed by atoms with Gasteiger partial charge in [-0.05, 0) is 56.8 Å². The van der Waals surface area contributed by atoms with Crippen LogP contribution >= 0.6 is 0 Å². The third-order valence-electron chi connectivity index (χ3n) is 4.44. The summed E-state index contributed by atoms with van der Waals surface area (Å²) in [4.78, 5) is 12.5. The molecule has 3 nitrogen and oxygen atoms in total. The van der Waals surface area contributed by atoms with E-state index in [-0.39, 0.29) is 11.9 Å². The SMILES string of the molecule is CN[C@@H](CC(C)C)C(=O)NC1(c2cc(C)cc(C(F)(F)F)c2)CC1. The molecule has 0 aliphatic heterocycles. The van der Waals surface area contributed by atoms with E-state index < -0.39 is 17.3 Å². The fourth-order valence-corrected chi connectivity index (χ4v) is 2.98. The smallest absolute Gasteiger partial charge is 0.345 e. The summed E-state index contributed by atoms with van der Waals surface area (Å²) in [6, 6.07) is 3.70. The molecular formula is C18H25F3N2O. The van der Waals surface area contributed by atoms with Crippen LogP contribution in [0.5, 0.6) is 0 Å². The molecule has 0 bridgehead atoms. The second-order valence-electron chi connectivity index (χ2n) is 7.13. The third kappa shape index (κ3) is 4.29. The molecule has 1 fully saturated rings. The number of alkyl halides is 3. The molecule has 2 N–H and O–H groups in total. The quantitative estimate of drug-likeness (QED) is 0.827. The molecule has 0 radical (unpaired) electrons. The highest BCUT2D eigenvalue weighted by Gasteiger charge is 2.47. The van der Waals surface area contributed by atoms with Gasteiger partial charge in [-0.25, -0.2) is 0 Å². The molecular weight excluding hydrogens is 317 g/mol. The number of aryl methyl sites for hydroxylation is 1. The Morgan fingerprint density at radius 2 is 1.88 bits per heavy atom. The van der Waals surface area contributed by atoms with Gasteiger partial charge in [0, 0.05) is 0 Å². The summed E-state index contributed by atoms with van der Waals surface area (Å²) in [6.45, 7) is 5.70. The number of amides is 1. The van der Waals surface area contributed by atoms with Crippen LogP contribution in [0, 0.1) is 12.8 Å². The van der Waals surface area contributed by atoms with E-state index in [2.05, 4.69) is 10.6 Å². The molecule has 24 heavy (non-hydrogen) atoms. The van der Waals surface area contributed by atoms with Crippen LogP contribution in [-0.2, 0) is 16.5 Å². The largest absolute Gasteiger partial charge is 0.416 e. The zero-order valence-electron chi connectivity index (χ0n) is 14.6. The van der Waals surface area contributed by atoms with E-state index in [1.165, 1.54) is 0 Å². The highest BCUT2D eigenvalue weighted by molar-refractivity contribution is 5.83. The first kappa shape index (κ1) is 18.8. The number of rotatable bonds is 6. The minimum Gasteiger partial charge on any atom is -0.345 e. The van der Waals surface area contributed by atoms with Gasteiger partial charge in [0.15, 0.2) is 0 Å². The van der Waals surface area contributed by atoms with Crippen molar-refractivity contribution in [1.29, 1.82) is 0 Å². The van der Waals surface area contributed by atoms with Crippen molar-refractivity contribution in [3.63, 3.8) is 0 Å². The first-order chi connectivity index (χ1) is 11.1. The summed E-state index contributed by atoms with van der Waals surface area (Å²) >= 11 is 0. The third-order valence-corrected chi connectivity index (χ3v) is 4.44. The molecule has 1 atom stereocenters. The molecule has 0 spiro atoms. The van der Waals surface area contributed by atoms with E-state index in [0.717, 1.165) is 12.1 Å². The Labute approximate surface area is 141 Å². The molecule has 134 valence electrons. The van der Waals surface area contributed by atoms with Crippen molar-refractivity contribution in [2.45, 2.75) is 57.8 Å². The summed E-state index contributed by atoms with van der Waals surface area (Å²) in [5, 5.41) is 5.97. The van der Waals surface area contributed by atoms with Crippen molar-refractivity contribution in [2.75, 3.05) is 7.05 Å². The summed E-state index contributed by atoms with van der Waals surface area (Å²) in [5.74, 6) is 0.193. The lowest BCUT2D eigenvalue weighted by molar-refractivity contribution is -0.137. The van der Waals surface area contributed by atoms with E-state index in [0.29, 0.717) is 36.3 Å². The highest BCUT2D eigenvalue weighted by atomic mass is 19.4. The standard InChI is InChI=1S/C18H25F3N2O/c1-11(2)7-15(22-4)16(24)23-17(5-6-17)13-8-12(3)9-14(10-13)18(19,20)21/h8-11,15,22H,5-7H2,1-4H3,(H,23,24)/t15-/m0/s1. The molecule has 0 aromatic heterocycles. The molecule has 2 rings (SSSR count). The maximum absolute atomic E-state index is 13.0. The van der Waals surface area contributed by atoms with Crippen LogP contribution in [0.15, 0.2) is 18.2 Å². The Bertz CT molecular complexity index is 607. The van der Waals surface area contributed by atoms with Gasteiger partial charge in [-0.1, -0.05) is 25.5 Å². The van der Waals surface area contributed by atoms with Gasteiger partial charge in [0.2, 0.25) is 5.91 Å². The van der Waals surface area contributed by atoms with Crippen LogP contribution in [0.4, 0.5) is 13.2 Å². The topological polar surface area (TPSA) is 41.1 Å². The predicted octanol–water partition coefficient (Wildman–Crippen LogP) is 3.75. The van der Waals surface area contributed by atoms with Gasteiger partial charge < -0.3 is 10.6 Å². The number of benzene rings is 1. The highest BCUT2D eigenvalue weighted by Crippen LogP contribution is 2.47. The van der Waals surface area contributed by atoms with E-state index in [4.69, 9.17) is 0 Å². The molecule has 1 aliphatic rings. The first-order valence-corrected chi connectivity index (χ1v) is 8.26. The van der Waals surface area contributed by atoms with Gasteiger partial charge in [-0.3, -0.25) is 4.79 Å². The average molecular weight is 342 g/mol. The second kappa shape index (κ2) is 6.75. The van der Waals surface area contributed by atoms with Gasteiger partial charge in [0.1, 0.15) is 0 Å². The molecule has 0 saturated heterocycles. The summed E-state index contributed by atoms with van der Waals surface area (Å²) in [6.07, 6.45) is -2.37. The summed E-state index contributed by atoms with van der Waals surface area (Å²) in [5.41, 5.74) is -0.226. The van der Waals surface area contributed by atoms with Crippen molar-refractivity contribution in [3.05, 3.63) is 34.9 Å². The van der Waals surface area contributed by atoms with Gasteiger partial charge in [0.25, 0.3) is 0 Å². The van der Waals surface area contributed by atoms with Crippen molar-refractivity contribution in [3.8, 4) is 0 Å². The Kier molecular flexibility index (Phi) is 5.28. The zero-order valence-corrected chi connectivity index (χ0v) is 14.6. The number of hydrogen-bond donors (Lipinski definition) is 2. The Hall–Kier alpha value is -1.56. The summed E-state index contributed by atoms with van der Waals surface area (Å²) < 4.78 is 39.1. The van der Waals surface area contributed by atoms with Crippen LogP contribution in [0.25, 0.3) is 0 Å². The minimum absolute atomic E-state index is 0.154. The molecule has 6 heteroatoms. The molecule has 1 aromatic rings. The molecule has 1 amide bonds. The van der Waals surface area contributed by atoms with Crippen molar-refractivity contribution < 1.29 is 18.0 Å². The molecule has 0 unspecified atom stereocenters. The minimum atomic E-state index is -4.38. The maximum Gasteiger partial charge on any atom is 0.416 e. The number of likely N-dealkylation sites (N-methyl/N-ethyl adjacent to an activating group) is 1. The predicted molar refractivity (Wildman–Crippen MR) is 87.5 cm³/mol. The van der Waals surface area contributed by atoms with Crippen LogP contribution in [0.3, 0.4) is 0 Å². The van der Waals surface area contributed by atoms with Crippen LogP contribution in [-0.4, -0.2) is 19.0 Å². The fourth-order valence-electron chi connectivity index (χ4n) is 2.98. The van der Waals surface area contributed by atoms with Crippen molar-refractivity contribution in [2.24, 2.45) is 5.92 Å². The first-order valence-electron chi connectivity index (χ1n) is 8.26. The number of halogens is 3. The van der Waals surface area contributed by atoms with E-state index in [1.807, 2.05) is 13.8 Å². The number of hydrogen-bond acceptors (Lipinski definition) is 2. The second-order valence-corrected chi connectivity index (χ2v) is 7.13. The average Bonchev–Trinajstić information content (AvgIpc) is 3.23. The Morgan fingerprint density at radius 3 is 2.33 bits per heavy atom. The lowest BCUT2D eigenvalue weighted by atomic mass is 9.97. The van der Waals surface area contributed by atoms with E-state index in [9.17, 15) is 18.0 Å². The summed E-state index contributed by atoms with van der Waals surface area (Å²) in [7, 11) is 1.72. The lowest BCUT2D eigenvalue weighted by Crippen LogP contribution is -2.47. The van der Waals surface area contributed by atoms with Gasteiger partial charge >= 0.3 is 6.18 Å². The zero-order chi connectivity index (χ0) is 18.1. The number of nitrogens with one attached hydrogen (secondary N) is 2. The molecule has 1 saturated carbocycles. The van der Waals surface area contributed by atoms with Gasteiger partial charge in [-0.2, -0.15) is 13.2 Å².